The Balaban J connectivity index is 2.53. The number of aliphatic hydroxyl groups excluding tert-OH is 1. The summed E-state index contributed by atoms with van der Waals surface area (Å²) in [6, 6.07) is 7.69. The zero-order valence-corrected chi connectivity index (χ0v) is 14.3. The second-order valence-corrected chi connectivity index (χ2v) is 8.13. The Morgan fingerprint density at radius 1 is 1.33 bits per heavy atom. The minimum atomic E-state index is -0.394. The molecule has 2 amide bonds. The molecule has 0 aliphatic heterocycles. The first-order chi connectivity index (χ1) is 9.67. The molecule has 0 aromatic heterocycles. The largest absolute Gasteiger partial charge is 0.393 e. The molecule has 5 heteroatoms. The van der Waals surface area contributed by atoms with Crippen molar-refractivity contribution >= 4 is 23.5 Å². The molecule has 2 N–H and O–H groups in total. The molecule has 0 saturated heterocycles. The standard InChI is InChI=1S/C16H26N2O2S/c1-12(19)10-11-18(5)15(20)17-13-6-8-14(9-7-13)21-16(2,3)4/h6-9,12,19H,10-11H2,1-5H3,(H,17,20). The van der Waals surface area contributed by atoms with Gasteiger partial charge < -0.3 is 15.3 Å². The van der Waals surface area contributed by atoms with Crippen LogP contribution in [0.15, 0.2) is 29.2 Å². The van der Waals surface area contributed by atoms with E-state index in [4.69, 9.17) is 0 Å². The number of anilines is 1. The highest BCUT2D eigenvalue weighted by Gasteiger charge is 2.13. The summed E-state index contributed by atoms with van der Waals surface area (Å²) >= 11 is 1.80. The molecule has 118 valence electrons. The van der Waals surface area contributed by atoms with Gasteiger partial charge in [-0.25, -0.2) is 4.79 Å². The molecule has 1 aromatic carbocycles. The van der Waals surface area contributed by atoms with Gasteiger partial charge in [-0.3, -0.25) is 0 Å². The lowest BCUT2D eigenvalue weighted by molar-refractivity contribution is 0.167. The number of hydrogen-bond acceptors (Lipinski definition) is 3. The van der Waals surface area contributed by atoms with Crippen LogP contribution in [0.2, 0.25) is 0 Å². The highest BCUT2D eigenvalue weighted by atomic mass is 32.2. The maximum Gasteiger partial charge on any atom is 0.321 e. The zero-order valence-electron chi connectivity index (χ0n) is 13.5. The molecule has 21 heavy (non-hydrogen) atoms. The number of hydrogen-bond donors (Lipinski definition) is 2. The van der Waals surface area contributed by atoms with Crippen molar-refractivity contribution in [3.63, 3.8) is 0 Å². The van der Waals surface area contributed by atoms with Crippen molar-refractivity contribution in [3.8, 4) is 0 Å². The van der Waals surface area contributed by atoms with E-state index in [-0.39, 0.29) is 10.8 Å². The Labute approximate surface area is 131 Å². The number of nitrogens with one attached hydrogen (secondary N) is 1. The van der Waals surface area contributed by atoms with Crippen molar-refractivity contribution in [2.75, 3.05) is 18.9 Å². The molecule has 0 aliphatic rings. The van der Waals surface area contributed by atoms with Crippen LogP contribution in [0.1, 0.15) is 34.1 Å². The summed E-state index contributed by atoms with van der Waals surface area (Å²) in [5.41, 5.74) is 0.780. The zero-order chi connectivity index (χ0) is 16.0. The van der Waals surface area contributed by atoms with Crippen molar-refractivity contribution < 1.29 is 9.90 Å². The van der Waals surface area contributed by atoms with Crippen molar-refractivity contribution in [2.24, 2.45) is 0 Å². The van der Waals surface area contributed by atoms with Gasteiger partial charge >= 0.3 is 6.03 Å². The van der Waals surface area contributed by atoms with E-state index >= 15 is 0 Å². The van der Waals surface area contributed by atoms with Crippen LogP contribution in [-0.4, -0.2) is 40.5 Å². The Kier molecular flexibility index (Phi) is 6.55. The van der Waals surface area contributed by atoms with Crippen LogP contribution >= 0.6 is 11.8 Å². The molecule has 1 atom stereocenters. The van der Waals surface area contributed by atoms with E-state index in [0.29, 0.717) is 13.0 Å². The highest BCUT2D eigenvalue weighted by Crippen LogP contribution is 2.32. The minimum Gasteiger partial charge on any atom is -0.393 e. The Morgan fingerprint density at radius 2 is 1.90 bits per heavy atom. The molecule has 1 rings (SSSR count). The SMILES string of the molecule is CC(O)CCN(C)C(=O)Nc1ccc(SC(C)(C)C)cc1. The fourth-order valence-electron chi connectivity index (χ4n) is 1.66. The van der Waals surface area contributed by atoms with E-state index in [1.807, 2.05) is 24.3 Å². The fraction of sp³-hybridized carbons (Fsp3) is 0.562. The molecule has 0 fully saturated rings. The van der Waals surface area contributed by atoms with E-state index in [1.54, 1.807) is 30.6 Å². The molecular formula is C16H26N2O2S. The Hall–Kier alpha value is -1.20. The number of rotatable bonds is 5. The van der Waals surface area contributed by atoms with Crippen LogP contribution in [0.25, 0.3) is 0 Å². The first-order valence-corrected chi connectivity index (χ1v) is 7.98. The van der Waals surface area contributed by atoms with Gasteiger partial charge in [0.1, 0.15) is 0 Å². The molecular weight excluding hydrogens is 284 g/mol. The third-order valence-corrected chi connectivity index (χ3v) is 3.88. The van der Waals surface area contributed by atoms with Gasteiger partial charge in [-0.2, -0.15) is 0 Å². The van der Waals surface area contributed by atoms with E-state index in [0.717, 1.165) is 5.69 Å². The molecule has 0 aliphatic carbocycles. The van der Waals surface area contributed by atoms with E-state index in [2.05, 4.69) is 26.1 Å². The fourth-order valence-corrected chi connectivity index (χ4v) is 2.64. The monoisotopic (exact) mass is 310 g/mol. The van der Waals surface area contributed by atoms with Gasteiger partial charge in [-0.05, 0) is 37.6 Å². The second-order valence-electron chi connectivity index (χ2n) is 6.23. The van der Waals surface area contributed by atoms with Gasteiger partial charge in [0.2, 0.25) is 0 Å². The van der Waals surface area contributed by atoms with Crippen molar-refractivity contribution in [1.29, 1.82) is 0 Å². The minimum absolute atomic E-state index is 0.160. The quantitative estimate of drug-likeness (QED) is 0.813. The molecule has 0 bridgehead atoms. The summed E-state index contributed by atoms with van der Waals surface area (Å²) in [6.45, 7) is 8.76. The highest BCUT2D eigenvalue weighted by molar-refractivity contribution is 8.00. The lowest BCUT2D eigenvalue weighted by Gasteiger charge is -2.19. The number of amides is 2. The van der Waals surface area contributed by atoms with Crippen LogP contribution < -0.4 is 5.32 Å². The summed E-state index contributed by atoms with van der Waals surface area (Å²) in [5, 5.41) is 12.1. The maximum atomic E-state index is 12.0. The van der Waals surface area contributed by atoms with Crippen LogP contribution in [0.4, 0.5) is 10.5 Å². The number of thioether (sulfide) groups is 1. The molecule has 1 unspecified atom stereocenters. The van der Waals surface area contributed by atoms with Crippen molar-refractivity contribution in [1.82, 2.24) is 4.90 Å². The van der Waals surface area contributed by atoms with Gasteiger partial charge in [-0.15, -0.1) is 11.8 Å². The van der Waals surface area contributed by atoms with Crippen LogP contribution in [0, 0.1) is 0 Å². The van der Waals surface area contributed by atoms with Crippen LogP contribution in [0.5, 0.6) is 0 Å². The maximum absolute atomic E-state index is 12.0. The van der Waals surface area contributed by atoms with Gasteiger partial charge in [0.05, 0.1) is 6.10 Å². The predicted octanol–water partition coefficient (Wildman–Crippen LogP) is 3.81. The number of urea groups is 1. The summed E-state index contributed by atoms with van der Waals surface area (Å²) in [4.78, 5) is 14.7. The topological polar surface area (TPSA) is 52.6 Å². The first-order valence-electron chi connectivity index (χ1n) is 7.16. The number of nitrogens with zero attached hydrogens (tertiary/aromatic N) is 1. The Bertz CT molecular complexity index is 452. The third-order valence-electron chi connectivity index (χ3n) is 2.76. The molecule has 4 nitrogen and oxygen atoms in total. The van der Waals surface area contributed by atoms with E-state index in [1.165, 1.54) is 4.90 Å². The number of aliphatic hydroxyl groups is 1. The number of carbonyl (C=O) groups is 1. The van der Waals surface area contributed by atoms with Crippen LogP contribution in [-0.2, 0) is 0 Å². The summed E-state index contributed by atoms with van der Waals surface area (Å²) in [5.74, 6) is 0. The number of carbonyl (C=O) groups excluding carboxylic acids is 1. The molecule has 0 spiro atoms. The molecule has 0 heterocycles. The first kappa shape index (κ1) is 17.9. The van der Waals surface area contributed by atoms with Gasteiger partial charge in [0.15, 0.2) is 0 Å². The summed E-state index contributed by atoms with van der Waals surface area (Å²) in [7, 11) is 1.72. The van der Waals surface area contributed by atoms with Gasteiger partial charge in [0.25, 0.3) is 0 Å². The Morgan fingerprint density at radius 3 is 2.38 bits per heavy atom. The normalized spacial score (nSPS) is 12.9. The lowest BCUT2D eigenvalue weighted by Crippen LogP contribution is -2.33. The second kappa shape index (κ2) is 7.71. The predicted molar refractivity (Wildman–Crippen MR) is 90.0 cm³/mol. The molecule has 0 saturated carbocycles. The van der Waals surface area contributed by atoms with Crippen molar-refractivity contribution in [2.45, 2.75) is 49.9 Å². The van der Waals surface area contributed by atoms with Gasteiger partial charge in [-0.1, -0.05) is 20.8 Å². The van der Waals surface area contributed by atoms with E-state index < -0.39 is 6.10 Å². The summed E-state index contributed by atoms with van der Waals surface area (Å²) in [6.07, 6.45) is 0.180. The lowest BCUT2D eigenvalue weighted by atomic mass is 10.3. The smallest absolute Gasteiger partial charge is 0.321 e. The molecule has 0 radical (unpaired) electrons. The average molecular weight is 310 g/mol. The third kappa shape index (κ3) is 7.39. The van der Waals surface area contributed by atoms with Crippen LogP contribution in [0.3, 0.4) is 0 Å². The average Bonchev–Trinajstić information content (AvgIpc) is 2.36. The van der Waals surface area contributed by atoms with Crippen molar-refractivity contribution in [3.05, 3.63) is 24.3 Å². The number of benzene rings is 1. The van der Waals surface area contributed by atoms with E-state index in [9.17, 15) is 9.90 Å². The molecule has 1 aromatic rings. The van der Waals surface area contributed by atoms with Gasteiger partial charge in [0, 0.05) is 28.9 Å². The summed E-state index contributed by atoms with van der Waals surface area (Å²) < 4.78 is 0.173.